The number of hydrogen-bond donors (Lipinski definition) is 4. The monoisotopic (exact) mass is 596 g/mol. The minimum atomic E-state index is -1.43. The Balaban J connectivity index is 1.59. The molecule has 4 N–H and O–H groups in total. The van der Waals surface area contributed by atoms with Crippen molar-refractivity contribution in [3.05, 3.63) is 47.5 Å². The van der Waals surface area contributed by atoms with Gasteiger partial charge >= 0.3 is 12.1 Å². The molecule has 11 nitrogen and oxygen atoms in total. The standard InChI is InChI=1S/C32H44N4O7/c1-5-20-13-15-21(16-14-20)26(37)33-23-17-25-27(38)35-32(29(40)41)18-22(32)11-9-7-6-8-10-12-24(28(39)36(25)19-23)34-30(42)43-31(2,3)4/h9,11,13-16,22-25H,5-8,10,12,17-19H2,1-4H3,(H,33,37)(H,34,42)(H,35,38)(H,40,41)/b11-9-/t22-,23+,24-,25-,32+/m0/s1. The Labute approximate surface area is 252 Å². The summed E-state index contributed by atoms with van der Waals surface area (Å²) in [5.74, 6) is -2.87. The van der Waals surface area contributed by atoms with Gasteiger partial charge in [-0.3, -0.25) is 14.4 Å². The lowest BCUT2D eigenvalue weighted by atomic mass is 10.0. The number of carbonyl (C=O) groups is 5. The van der Waals surface area contributed by atoms with Crippen LogP contribution in [-0.4, -0.2) is 75.6 Å². The number of aliphatic carboxylic acids is 1. The van der Waals surface area contributed by atoms with E-state index in [1.165, 1.54) is 4.90 Å². The quantitative estimate of drug-likeness (QED) is 0.380. The molecule has 2 heterocycles. The number of benzene rings is 1. The average molecular weight is 597 g/mol. The van der Waals surface area contributed by atoms with Crippen molar-refractivity contribution in [2.75, 3.05) is 6.54 Å². The molecule has 0 unspecified atom stereocenters. The molecule has 2 fully saturated rings. The second-order valence-corrected chi connectivity index (χ2v) is 12.8. The molecule has 234 valence electrons. The van der Waals surface area contributed by atoms with Gasteiger partial charge in [-0.15, -0.1) is 0 Å². The van der Waals surface area contributed by atoms with Crippen LogP contribution in [0.15, 0.2) is 36.4 Å². The molecule has 2 aliphatic heterocycles. The molecular formula is C32H44N4O7. The van der Waals surface area contributed by atoms with E-state index in [0.29, 0.717) is 18.4 Å². The lowest BCUT2D eigenvalue weighted by Crippen LogP contribution is -2.56. The van der Waals surface area contributed by atoms with Crippen molar-refractivity contribution in [1.29, 1.82) is 0 Å². The number of carboxylic acid groups (broad SMARTS) is 1. The van der Waals surface area contributed by atoms with E-state index in [-0.39, 0.29) is 31.2 Å². The minimum Gasteiger partial charge on any atom is -0.479 e. The largest absolute Gasteiger partial charge is 0.479 e. The predicted molar refractivity (Wildman–Crippen MR) is 159 cm³/mol. The maximum Gasteiger partial charge on any atom is 0.408 e. The van der Waals surface area contributed by atoms with Gasteiger partial charge in [0.2, 0.25) is 11.8 Å². The number of fused-ring (bicyclic) bond motifs is 2. The van der Waals surface area contributed by atoms with Crippen LogP contribution in [0.2, 0.25) is 0 Å². The summed E-state index contributed by atoms with van der Waals surface area (Å²) in [4.78, 5) is 67.1. The fourth-order valence-electron chi connectivity index (χ4n) is 5.82. The number of amides is 4. The zero-order valence-corrected chi connectivity index (χ0v) is 25.5. The second-order valence-electron chi connectivity index (χ2n) is 12.8. The van der Waals surface area contributed by atoms with Gasteiger partial charge < -0.3 is 30.7 Å². The van der Waals surface area contributed by atoms with E-state index in [2.05, 4.69) is 16.0 Å². The maximum atomic E-state index is 14.0. The highest BCUT2D eigenvalue weighted by molar-refractivity contribution is 5.97. The molecule has 1 aromatic carbocycles. The molecular weight excluding hydrogens is 552 g/mol. The number of allylic oxidation sites excluding steroid dienone is 1. The topological polar surface area (TPSA) is 154 Å². The van der Waals surface area contributed by atoms with Crippen LogP contribution in [0.1, 0.15) is 88.6 Å². The Kier molecular flexibility index (Phi) is 9.82. The molecule has 1 saturated heterocycles. The summed E-state index contributed by atoms with van der Waals surface area (Å²) in [6.07, 6.45) is 7.65. The molecule has 3 aliphatic rings. The first-order chi connectivity index (χ1) is 20.3. The fourth-order valence-corrected chi connectivity index (χ4v) is 5.82. The van der Waals surface area contributed by atoms with Gasteiger partial charge in [-0.25, -0.2) is 9.59 Å². The first kappa shape index (κ1) is 32.0. The molecule has 11 heteroatoms. The molecule has 5 atom stereocenters. The number of nitrogens with one attached hydrogen (secondary N) is 3. The first-order valence-corrected chi connectivity index (χ1v) is 15.2. The summed E-state index contributed by atoms with van der Waals surface area (Å²) in [5, 5.41) is 18.4. The van der Waals surface area contributed by atoms with E-state index in [4.69, 9.17) is 4.74 Å². The van der Waals surface area contributed by atoms with Gasteiger partial charge in [-0.2, -0.15) is 0 Å². The number of alkyl carbamates (subject to hydrolysis) is 1. The van der Waals surface area contributed by atoms with E-state index >= 15 is 0 Å². The normalized spacial score (nSPS) is 28.7. The van der Waals surface area contributed by atoms with Gasteiger partial charge in [0.05, 0.1) is 0 Å². The van der Waals surface area contributed by atoms with Crippen molar-refractivity contribution in [2.45, 2.75) is 108 Å². The molecule has 0 radical (unpaired) electrons. The molecule has 43 heavy (non-hydrogen) atoms. The smallest absolute Gasteiger partial charge is 0.408 e. The van der Waals surface area contributed by atoms with Crippen LogP contribution in [0.4, 0.5) is 4.79 Å². The van der Waals surface area contributed by atoms with Crippen LogP contribution in [0.5, 0.6) is 0 Å². The van der Waals surface area contributed by atoms with Gasteiger partial charge in [-0.1, -0.05) is 44.1 Å². The van der Waals surface area contributed by atoms with Crippen LogP contribution in [0.25, 0.3) is 0 Å². The lowest BCUT2D eigenvalue weighted by Gasteiger charge is -2.30. The lowest BCUT2D eigenvalue weighted by molar-refractivity contribution is -0.145. The van der Waals surface area contributed by atoms with E-state index < -0.39 is 53.1 Å². The van der Waals surface area contributed by atoms with Crippen LogP contribution >= 0.6 is 0 Å². The number of rotatable bonds is 5. The summed E-state index contributed by atoms with van der Waals surface area (Å²) in [5.41, 5.74) is -0.653. The van der Waals surface area contributed by atoms with Gasteiger partial charge in [0.15, 0.2) is 0 Å². The summed E-state index contributed by atoms with van der Waals surface area (Å²) in [7, 11) is 0. The number of aryl methyl sites for hydroxylation is 1. The highest BCUT2D eigenvalue weighted by Crippen LogP contribution is 2.45. The summed E-state index contributed by atoms with van der Waals surface area (Å²) < 4.78 is 5.41. The third kappa shape index (κ3) is 7.94. The first-order valence-electron chi connectivity index (χ1n) is 15.2. The van der Waals surface area contributed by atoms with Crippen molar-refractivity contribution >= 4 is 29.8 Å². The molecule has 0 aromatic heterocycles. The highest BCUT2D eigenvalue weighted by atomic mass is 16.6. The van der Waals surface area contributed by atoms with Crippen molar-refractivity contribution in [2.24, 2.45) is 5.92 Å². The van der Waals surface area contributed by atoms with Crippen molar-refractivity contribution in [3.63, 3.8) is 0 Å². The van der Waals surface area contributed by atoms with Crippen molar-refractivity contribution in [3.8, 4) is 0 Å². The van der Waals surface area contributed by atoms with Crippen LogP contribution in [0, 0.1) is 5.92 Å². The van der Waals surface area contributed by atoms with Crippen LogP contribution < -0.4 is 16.0 Å². The van der Waals surface area contributed by atoms with E-state index in [1.54, 1.807) is 32.9 Å². The zero-order valence-electron chi connectivity index (χ0n) is 25.5. The second kappa shape index (κ2) is 13.2. The molecule has 1 saturated carbocycles. The van der Waals surface area contributed by atoms with Crippen LogP contribution in [0.3, 0.4) is 0 Å². The third-order valence-electron chi connectivity index (χ3n) is 8.31. The van der Waals surface area contributed by atoms with Crippen LogP contribution in [-0.2, 0) is 25.5 Å². The third-order valence-corrected chi connectivity index (χ3v) is 8.31. The summed E-state index contributed by atoms with van der Waals surface area (Å²) in [6, 6.07) is 4.68. The Morgan fingerprint density at radius 2 is 1.81 bits per heavy atom. The fraction of sp³-hybridized carbons (Fsp3) is 0.594. The Bertz CT molecular complexity index is 1260. The van der Waals surface area contributed by atoms with Gasteiger partial charge in [-0.05, 0) is 77.0 Å². The van der Waals surface area contributed by atoms with Gasteiger partial charge in [0, 0.05) is 24.1 Å². The highest BCUT2D eigenvalue weighted by Gasteiger charge is 2.61. The predicted octanol–water partition coefficient (Wildman–Crippen LogP) is 3.32. The maximum absolute atomic E-state index is 14.0. The molecule has 1 aromatic rings. The Morgan fingerprint density at radius 1 is 1.09 bits per heavy atom. The number of nitrogens with zero attached hydrogens (tertiary/aromatic N) is 1. The Hall–Kier alpha value is -3.89. The van der Waals surface area contributed by atoms with E-state index in [9.17, 15) is 29.1 Å². The molecule has 0 spiro atoms. The molecule has 1 aliphatic carbocycles. The molecule has 4 amide bonds. The molecule has 4 rings (SSSR count). The van der Waals surface area contributed by atoms with Crippen molar-refractivity contribution < 1.29 is 33.8 Å². The number of hydrogen-bond acceptors (Lipinski definition) is 6. The van der Waals surface area contributed by atoms with Gasteiger partial charge in [0.25, 0.3) is 5.91 Å². The summed E-state index contributed by atoms with van der Waals surface area (Å²) >= 11 is 0. The van der Waals surface area contributed by atoms with E-state index in [0.717, 1.165) is 31.2 Å². The van der Waals surface area contributed by atoms with Gasteiger partial charge in [0.1, 0.15) is 23.2 Å². The zero-order chi connectivity index (χ0) is 31.4. The Morgan fingerprint density at radius 3 is 2.47 bits per heavy atom. The SMILES string of the molecule is CCc1ccc(C(=O)N[C@@H]2C[C@H]3C(=O)N[C@]4(C(=O)O)C[C@@H]4/C=C\CCCCC[C@H](NC(=O)OC(C)(C)C)C(=O)N3C2)cc1. The average Bonchev–Trinajstić information content (AvgIpc) is 3.48. The number of carboxylic acids is 1. The van der Waals surface area contributed by atoms with E-state index in [1.807, 2.05) is 31.2 Å². The number of carbonyl (C=O) groups excluding carboxylic acids is 4. The summed E-state index contributed by atoms with van der Waals surface area (Å²) in [6.45, 7) is 7.24. The molecule has 0 bridgehead atoms. The minimum absolute atomic E-state index is 0.0333. The number of ether oxygens (including phenoxy) is 1. The van der Waals surface area contributed by atoms with Crippen molar-refractivity contribution in [1.82, 2.24) is 20.9 Å².